The minimum absolute atomic E-state index is 0.0222. The zero-order valence-electron chi connectivity index (χ0n) is 18.7. The Kier molecular flexibility index (Phi) is 4.87. The van der Waals surface area contributed by atoms with Crippen molar-refractivity contribution in [1.82, 2.24) is 9.55 Å². The molecule has 2 aliphatic carbocycles. The van der Waals surface area contributed by atoms with E-state index in [4.69, 9.17) is 14.5 Å². The predicted molar refractivity (Wildman–Crippen MR) is 129 cm³/mol. The first-order chi connectivity index (χ1) is 15.5. The summed E-state index contributed by atoms with van der Waals surface area (Å²) >= 11 is 3.67. The molecule has 1 saturated heterocycles. The van der Waals surface area contributed by atoms with Crippen LogP contribution in [-0.4, -0.2) is 28.6 Å². The molecular weight excluding hydrogens is 464 g/mol. The number of nitrogens with zero attached hydrogens (tertiary/aromatic N) is 2. The Morgan fingerprint density at radius 2 is 1.81 bits per heavy atom. The summed E-state index contributed by atoms with van der Waals surface area (Å²) in [6.07, 6.45) is 4.12. The second-order valence-corrected chi connectivity index (χ2v) is 10.7. The van der Waals surface area contributed by atoms with Crippen LogP contribution in [0.25, 0.3) is 17.1 Å². The van der Waals surface area contributed by atoms with Gasteiger partial charge in [0.2, 0.25) is 0 Å². The largest absolute Gasteiger partial charge is 0.347 e. The maximum atomic E-state index is 6.20. The number of fused-ring (bicyclic) bond motifs is 3. The van der Waals surface area contributed by atoms with E-state index in [9.17, 15) is 0 Å². The van der Waals surface area contributed by atoms with Crippen molar-refractivity contribution in [2.24, 2.45) is 11.8 Å². The van der Waals surface area contributed by atoms with Crippen molar-refractivity contribution in [3.8, 4) is 17.1 Å². The molecule has 3 aromatic rings. The molecule has 2 aromatic carbocycles. The lowest BCUT2D eigenvalue weighted by Crippen LogP contribution is -2.55. The number of benzene rings is 2. The summed E-state index contributed by atoms with van der Waals surface area (Å²) in [5.41, 5.74) is 4.97. The average Bonchev–Trinajstić information content (AvgIpc) is 3.44. The molecule has 0 unspecified atom stereocenters. The number of ether oxygens (including phenoxy) is 2. The van der Waals surface area contributed by atoms with Crippen molar-refractivity contribution >= 4 is 15.9 Å². The van der Waals surface area contributed by atoms with Gasteiger partial charge in [-0.3, -0.25) is 4.57 Å². The molecule has 2 heterocycles. The van der Waals surface area contributed by atoms with E-state index < -0.39 is 5.79 Å². The highest BCUT2D eigenvalue weighted by Gasteiger charge is 2.58. The SMILES string of the molecule is C[C@H]1[C@@H]2CCc3c(nc(-c4ccccc4)n3-c3cccc(Br)c3)[C@@]2(C)CCC12OCCO2. The van der Waals surface area contributed by atoms with Gasteiger partial charge in [0, 0.05) is 39.2 Å². The van der Waals surface area contributed by atoms with Crippen molar-refractivity contribution in [3.05, 3.63) is 70.5 Å². The summed E-state index contributed by atoms with van der Waals surface area (Å²) < 4.78 is 15.9. The van der Waals surface area contributed by atoms with Gasteiger partial charge in [0.25, 0.3) is 0 Å². The van der Waals surface area contributed by atoms with Gasteiger partial charge in [-0.1, -0.05) is 66.2 Å². The summed E-state index contributed by atoms with van der Waals surface area (Å²) in [4.78, 5) is 5.40. The normalized spacial score (nSPS) is 28.5. The van der Waals surface area contributed by atoms with E-state index in [1.54, 1.807) is 0 Å². The fraction of sp³-hybridized carbons (Fsp3) is 0.444. The van der Waals surface area contributed by atoms with Gasteiger partial charge in [-0.25, -0.2) is 4.98 Å². The van der Waals surface area contributed by atoms with Crippen molar-refractivity contribution in [2.45, 2.75) is 50.7 Å². The van der Waals surface area contributed by atoms with Gasteiger partial charge in [0.15, 0.2) is 5.79 Å². The maximum absolute atomic E-state index is 6.20. The van der Waals surface area contributed by atoms with Gasteiger partial charge in [-0.05, 0) is 43.4 Å². The second kappa shape index (κ2) is 7.54. The lowest BCUT2D eigenvalue weighted by Gasteiger charge is -2.53. The van der Waals surface area contributed by atoms with Crippen LogP contribution in [0.5, 0.6) is 0 Å². The van der Waals surface area contributed by atoms with Gasteiger partial charge in [-0.2, -0.15) is 0 Å². The summed E-state index contributed by atoms with van der Waals surface area (Å²) in [5, 5.41) is 0. The Labute approximate surface area is 198 Å². The predicted octanol–water partition coefficient (Wildman–Crippen LogP) is 6.29. The van der Waals surface area contributed by atoms with Crippen LogP contribution >= 0.6 is 15.9 Å². The van der Waals surface area contributed by atoms with Crippen LogP contribution in [0.15, 0.2) is 59.1 Å². The minimum Gasteiger partial charge on any atom is -0.347 e. The smallest absolute Gasteiger partial charge is 0.171 e. The van der Waals surface area contributed by atoms with Crippen LogP contribution in [0.2, 0.25) is 0 Å². The molecule has 4 nitrogen and oxygen atoms in total. The van der Waals surface area contributed by atoms with Crippen LogP contribution in [0.3, 0.4) is 0 Å². The zero-order chi connectivity index (χ0) is 21.9. The molecule has 0 amide bonds. The highest BCUT2D eigenvalue weighted by atomic mass is 79.9. The van der Waals surface area contributed by atoms with E-state index in [2.05, 4.69) is 88.9 Å². The molecule has 32 heavy (non-hydrogen) atoms. The lowest BCUT2D eigenvalue weighted by molar-refractivity contribution is -0.234. The van der Waals surface area contributed by atoms with Crippen molar-refractivity contribution < 1.29 is 9.47 Å². The van der Waals surface area contributed by atoms with Crippen LogP contribution in [-0.2, 0) is 21.3 Å². The molecule has 0 bridgehead atoms. The number of halogens is 1. The average molecular weight is 493 g/mol. The van der Waals surface area contributed by atoms with E-state index in [0.717, 1.165) is 47.2 Å². The zero-order valence-corrected chi connectivity index (χ0v) is 20.3. The standard InChI is InChI=1S/C27H29BrN2O2/c1-18-22-11-12-23-24(26(22,2)13-14-27(18)31-15-16-32-27)29-25(19-7-4-3-5-8-19)30(23)21-10-6-9-20(28)17-21/h3-10,17-18,22H,11-16H2,1-2H3/t18-,22-,26-/m0/s1. The van der Waals surface area contributed by atoms with E-state index in [1.165, 1.54) is 11.4 Å². The minimum atomic E-state index is -0.392. The van der Waals surface area contributed by atoms with Crippen LogP contribution in [0.1, 0.15) is 44.5 Å². The summed E-state index contributed by atoms with van der Waals surface area (Å²) in [5.74, 6) is 1.50. The topological polar surface area (TPSA) is 36.3 Å². The van der Waals surface area contributed by atoms with Gasteiger partial charge in [0.05, 0.1) is 18.9 Å². The molecule has 2 fully saturated rings. The van der Waals surface area contributed by atoms with Gasteiger partial charge in [-0.15, -0.1) is 0 Å². The number of aromatic nitrogens is 2. The second-order valence-electron chi connectivity index (χ2n) is 9.77. The highest BCUT2D eigenvalue weighted by molar-refractivity contribution is 9.10. The van der Waals surface area contributed by atoms with Crippen LogP contribution in [0.4, 0.5) is 0 Å². The first-order valence-electron chi connectivity index (χ1n) is 11.7. The molecule has 3 atom stereocenters. The lowest BCUT2D eigenvalue weighted by atomic mass is 9.55. The van der Waals surface area contributed by atoms with Crippen molar-refractivity contribution in [3.63, 3.8) is 0 Å². The third kappa shape index (κ3) is 2.98. The summed E-state index contributed by atoms with van der Waals surface area (Å²) in [7, 11) is 0. The first kappa shape index (κ1) is 20.6. The monoisotopic (exact) mass is 492 g/mol. The van der Waals surface area contributed by atoms with E-state index in [1.807, 2.05) is 0 Å². The quantitative estimate of drug-likeness (QED) is 0.421. The molecule has 0 N–H and O–H groups in total. The molecule has 1 aliphatic heterocycles. The summed E-state index contributed by atoms with van der Waals surface area (Å²) in [6, 6.07) is 19.2. The van der Waals surface area contributed by atoms with E-state index in [-0.39, 0.29) is 5.41 Å². The molecular formula is C27H29BrN2O2. The Balaban J connectivity index is 1.52. The molecule has 0 radical (unpaired) electrons. The number of hydrogen-bond donors (Lipinski definition) is 0. The molecule has 3 aliphatic rings. The van der Waals surface area contributed by atoms with Crippen molar-refractivity contribution in [1.29, 1.82) is 0 Å². The molecule has 166 valence electrons. The number of rotatable bonds is 2. The third-order valence-electron chi connectivity index (χ3n) is 8.19. The molecule has 1 saturated carbocycles. The van der Waals surface area contributed by atoms with E-state index in [0.29, 0.717) is 25.0 Å². The van der Waals surface area contributed by atoms with E-state index >= 15 is 0 Å². The number of hydrogen-bond acceptors (Lipinski definition) is 3. The maximum Gasteiger partial charge on any atom is 0.171 e. The Morgan fingerprint density at radius 3 is 2.56 bits per heavy atom. The van der Waals surface area contributed by atoms with Crippen molar-refractivity contribution in [2.75, 3.05) is 13.2 Å². The highest BCUT2D eigenvalue weighted by Crippen LogP contribution is 2.57. The van der Waals surface area contributed by atoms with Gasteiger partial charge < -0.3 is 9.47 Å². The number of imidazole rings is 1. The fourth-order valence-electron chi connectivity index (χ4n) is 6.55. The Hall–Kier alpha value is -1.95. The van der Waals surface area contributed by atoms with Crippen LogP contribution < -0.4 is 0 Å². The Bertz CT molecular complexity index is 1150. The van der Waals surface area contributed by atoms with Gasteiger partial charge in [0.1, 0.15) is 5.82 Å². The molecule has 1 spiro atoms. The third-order valence-corrected chi connectivity index (χ3v) is 8.68. The summed E-state index contributed by atoms with van der Waals surface area (Å²) in [6.45, 7) is 6.20. The van der Waals surface area contributed by atoms with Gasteiger partial charge >= 0.3 is 0 Å². The molecule has 5 heteroatoms. The first-order valence-corrected chi connectivity index (χ1v) is 12.5. The van der Waals surface area contributed by atoms with Crippen LogP contribution in [0, 0.1) is 11.8 Å². The Morgan fingerprint density at radius 1 is 1.03 bits per heavy atom. The molecule has 1 aromatic heterocycles. The molecule has 6 rings (SSSR count). The fourth-order valence-corrected chi connectivity index (χ4v) is 6.94.